The van der Waals surface area contributed by atoms with Gasteiger partial charge in [0.25, 0.3) is 7.82 Å². The molecule has 478 valence electrons. The van der Waals surface area contributed by atoms with Crippen molar-refractivity contribution in [3.63, 3.8) is 0 Å². The summed E-state index contributed by atoms with van der Waals surface area (Å²) in [5.74, 6) is -0.840. The maximum atomic E-state index is 12.8. The third-order valence-electron chi connectivity index (χ3n) is 15.2. The summed E-state index contributed by atoms with van der Waals surface area (Å²) in [5.41, 5.74) is 0. The molecular weight excluding hydrogens is 1040 g/mol. The van der Waals surface area contributed by atoms with E-state index in [0.717, 1.165) is 89.9 Å². The Morgan fingerprint density at radius 2 is 0.695 bits per heavy atom. The van der Waals surface area contributed by atoms with E-state index in [1.807, 2.05) is 21.1 Å². The molecule has 0 aliphatic carbocycles. The van der Waals surface area contributed by atoms with Crippen molar-refractivity contribution in [1.29, 1.82) is 0 Å². The molecule has 0 aromatic heterocycles. The molecule has 0 saturated carbocycles. The summed E-state index contributed by atoms with van der Waals surface area (Å²) in [6, 6.07) is 0. The van der Waals surface area contributed by atoms with Gasteiger partial charge in [-0.1, -0.05) is 299 Å². The molecule has 0 saturated heterocycles. The molecule has 0 aliphatic heterocycles. The van der Waals surface area contributed by atoms with E-state index in [2.05, 4.69) is 86.8 Å². The van der Waals surface area contributed by atoms with E-state index in [0.29, 0.717) is 17.4 Å². The second-order valence-electron chi connectivity index (χ2n) is 24.5. The molecule has 0 N–H and O–H groups in total. The van der Waals surface area contributed by atoms with Crippen molar-refractivity contribution in [1.82, 2.24) is 0 Å². The molecule has 0 aromatic carbocycles. The topological polar surface area (TPSA) is 111 Å². The number of hydrogen-bond donors (Lipinski definition) is 0. The lowest BCUT2D eigenvalue weighted by molar-refractivity contribution is -0.870. The van der Waals surface area contributed by atoms with Crippen LogP contribution in [0.1, 0.15) is 322 Å². The average Bonchev–Trinajstić information content (AvgIpc) is 3.46. The molecule has 0 bridgehead atoms. The maximum absolute atomic E-state index is 12.8. The van der Waals surface area contributed by atoms with Crippen LogP contribution in [0.25, 0.3) is 0 Å². The number of phosphoric ester groups is 1. The van der Waals surface area contributed by atoms with Crippen LogP contribution in [0.5, 0.6) is 0 Å². The van der Waals surface area contributed by atoms with Gasteiger partial charge < -0.3 is 27.9 Å². The van der Waals surface area contributed by atoms with Crippen molar-refractivity contribution < 1.29 is 42.1 Å². The van der Waals surface area contributed by atoms with Gasteiger partial charge in [-0.3, -0.25) is 14.2 Å². The molecule has 9 nitrogen and oxygen atoms in total. The fourth-order valence-electron chi connectivity index (χ4n) is 9.92. The molecule has 0 spiro atoms. The van der Waals surface area contributed by atoms with E-state index in [4.69, 9.17) is 18.5 Å². The van der Waals surface area contributed by atoms with Crippen LogP contribution in [0.3, 0.4) is 0 Å². The number of carbonyl (C=O) groups is 2. The van der Waals surface area contributed by atoms with Crippen LogP contribution in [0.15, 0.2) is 72.9 Å². The van der Waals surface area contributed by atoms with Crippen LogP contribution in [0.2, 0.25) is 0 Å². The fraction of sp³-hybridized carbons (Fsp3) is 0.806. The summed E-state index contributed by atoms with van der Waals surface area (Å²) in [7, 11) is 1.16. The quantitative estimate of drug-likeness (QED) is 0.0195. The standard InChI is InChI=1S/C72H132NO8P/c1-6-8-10-12-14-16-18-20-22-24-26-27-28-29-30-31-32-33-34-35-36-37-38-39-40-41-42-43-44-45-47-48-50-52-54-56-58-60-62-64-71(74)78-68-70(69-80-82(76,77)79-67-66-73(3,4)5)81-72(75)65-63-61-59-57-55-53-51-49-46-25-23-21-19-17-15-13-11-9-7-2/h9,11,15,17-18,20-21,23-24,26,46,49,70H,6-8,10,12-14,16,19,22,25,27-45,47-48,50-69H2,1-5H3/b11-9-,17-15-,20-18-,23-21-,26-24-,49-46-. The molecule has 0 radical (unpaired) electrons. The maximum Gasteiger partial charge on any atom is 0.306 e. The van der Waals surface area contributed by atoms with Crippen molar-refractivity contribution in [2.45, 2.75) is 328 Å². The van der Waals surface area contributed by atoms with E-state index < -0.39 is 26.5 Å². The summed E-state index contributed by atoms with van der Waals surface area (Å²) >= 11 is 0. The van der Waals surface area contributed by atoms with Gasteiger partial charge in [0, 0.05) is 12.8 Å². The van der Waals surface area contributed by atoms with Crippen LogP contribution in [0.4, 0.5) is 0 Å². The molecule has 2 atom stereocenters. The van der Waals surface area contributed by atoms with Gasteiger partial charge in [0.2, 0.25) is 0 Å². The molecule has 2 unspecified atom stereocenters. The van der Waals surface area contributed by atoms with Crippen LogP contribution in [-0.2, 0) is 32.7 Å². The van der Waals surface area contributed by atoms with Crippen molar-refractivity contribution in [2.75, 3.05) is 47.5 Å². The highest BCUT2D eigenvalue weighted by molar-refractivity contribution is 7.45. The van der Waals surface area contributed by atoms with Gasteiger partial charge in [-0.15, -0.1) is 0 Å². The molecular formula is C72H132NO8P. The number of nitrogens with zero attached hydrogens (tertiary/aromatic N) is 1. The SMILES string of the molecule is CC/C=C\C/C=C\C/C=C\C/C=C\CCCCCCCCC(=O)OC(COC(=O)CCCCCCCCCCCCCCCCCCCCCCCCCCCCC/C=C\C/C=C\CCCCCCC)COP(=O)([O-])OCC[N+](C)(C)C. The van der Waals surface area contributed by atoms with Gasteiger partial charge in [-0.2, -0.15) is 0 Å². The number of carbonyl (C=O) groups excluding carboxylic acids is 2. The average molecular weight is 1170 g/mol. The Morgan fingerprint density at radius 3 is 1.04 bits per heavy atom. The number of allylic oxidation sites excluding steroid dienone is 12. The number of esters is 2. The van der Waals surface area contributed by atoms with E-state index in [-0.39, 0.29) is 32.0 Å². The number of likely N-dealkylation sites (N-methyl/N-ethyl adjacent to an activating group) is 1. The minimum Gasteiger partial charge on any atom is -0.756 e. The highest BCUT2D eigenvalue weighted by Gasteiger charge is 2.22. The predicted molar refractivity (Wildman–Crippen MR) is 351 cm³/mol. The fourth-order valence-corrected chi connectivity index (χ4v) is 10.6. The Labute approximate surface area is 508 Å². The normalized spacial score (nSPS) is 13.6. The Bertz CT molecular complexity index is 1610. The zero-order chi connectivity index (χ0) is 59.8. The number of phosphoric acid groups is 1. The second kappa shape index (κ2) is 63.0. The lowest BCUT2D eigenvalue weighted by Gasteiger charge is -2.28. The number of rotatable bonds is 64. The number of unbranched alkanes of at least 4 members (excludes halogenated alkanes) is 38. The van der Waals surface area contributed by atoms with Gasteiger partial charge in [0.1, 0.15) is 19.8 Å². The predicted octanol–water partition coefficient (Wildman–Crippen LogP) is 21.8. The second-order valence-corrected chi connectivity index (χ2v) is 25.9. The van der Waals surface area contributed by atoms with E-state index >= 15 is 0 Å². The van der Waals surface area contributed by atoms with Crippen molar-refractivity contribution >= 4 is 19.8 Å². The monoisotopic (exact) mass is 1170 g/mol. The summed E-state index contributed by atoms with van der Waals surface area (Å²) in [5, 5.41) is 0. The van der Waals surface area contributed by atoms with E-state index in [1.54, 1.807) is 0 Å². The van der Waals surface area contributed by atoms with Crippen LogP contribution < -0.4 is 4.89 Å². The highest BCUT2D eigenvalue weighted by Crippen LogP contribution is 2.38. The first-order chi connectivity index (χ1) is 40.0. The number of quaternary nitrogens is 1. The van der Waals surface area contributed by atoms with Crippen LogP contribution in [-0.4, -0.2) is 70.0 Å². The van der Waals surface area contributed by atoms with Crippen LogP contribution in [0, 0.1) is 0 Å². The zero-order valence-electron chi connectivity index (χ0n) is 54.4. The first-order valence-electron chi connectivity index (χ1n) is 34.6. The van der Waals surface area contributed by atoms with Gasteiger partial charge in [-0.25, -0.2) is 0 Å². The molecule has 10 heteroatoms. The molecule has 0 amide bonds. The Kier molecular flexibility index (Phi) is 61.0. The summed E-state index contributed by atoms with van der Waals surface area (Å²) in [4.78, 5) is 38.0. The lowest BCUT2D eigenvalue weighted by Crippen LogP contribution is -2.37. The van der Waals surface area contributed by atoms with E-state index in [9.17, 15) is 19.0 Å². The molecule has 0 aromatic rings. The highest BCUT2D eigenvalue weighted by atomic mass is 31.2. The third-order valence-corrected chi connectivity index (χ3v) is 16.2. The number of hydrogen-bond acceptors (Lipinski definition) is 8. The third kappa shape index (κ3) is 66.6. The minimum absolute atomic E-state index is 0.0350. The Balaban J connectivity index is 3.92. The molecule has 82 heavy (non-hydrogen) atoms. The van der Waals surface area contributed by atoms with Gasteiger partial charge >= 0.3 is 11.9 Å². The Hall–Kier alpha value is -2.55. The first kappa shape index (κ1) is 79.5. The molecule has 0 fully saturated rings. The Morgan fingerprint density at radius 1 is 0.390 bits per heavy atom. The lowest BCUT2D eigenvalue weighted by atomic mass is 10.0. The zero-order valence-corrected chi connectivity index (χ0v) is 55.3. The van der Waals surface area contributed by atoms with Crippen molar-refractivity contribution in [3.05, 3.63) is 72.9 Å². The molecule has 0 heterocycles. The molecule has 0 aliphatic rings. The van der Waals surface area contributed by atoms with Crippen LogP contribution >= 0.6 is 7.82 Å². The van der Waals surface area contributed by atoms with Gasteiger partial charge in [0.15, 0.2) is 6.10 Å². The smallest absolute Gasteiger partial charge is 0.306 e. The van der Waals surface area contributed by atoms with Gasteiger partial charge in [-0.05, 0) is 83.5 Å². The van der Waals surface area contributed by atoms with E-state index in [1.165, 1.54) is 199 Å². The molecule has 0 rings (SSSR count). The summed E-state index contributed by atoms with van der Waals surface area (Å²) < 4.78 is 34.2. The summed E-state index contributed by atoms with van der Waals surface area (Å²) in [6.07, 6.45) is 84.3. The number of ether oxygens (including phenoxy) is 2. The van der Waals surface area contributed by atoms with Gasteiger partial charge in [0.05, 0.1) is 27.7 Å². The largest absolute Gasteiger partial charge is 0.756 e. The first-order valence-corrected chi connectivity index (χ1v) is 36.1. The summed E-state index contributed by atoms with van der Waals surface area (Å²) in [6.45, 7) is 4.13. The van der Waals surface area contributed by atoms with Crippen molar-refractivity contribution in [3.8, 4) is 0 Å². The minimum atomic E-state index is -4.64. The van der Waals surface area contributed by atoms with Crippen molar-refractivity contribution in [2.24, 2.45) is 0 Å².